The molecule has 4 rings (SSSR count). The Hall–Kier alpha value is -3.51. The van der Waals surface area contributed by atoms with Gasteiger partial charge in [0.15, 0.2) is 0 Å². The Bertz CT molecular complexity index is 1110. The van der Waals surface area contributed by atoms with Crippen molar-refractivity contribution in [3.63, 3.8) is 0 Å². The minimum Gasteiger partial charge on any atom is -0.399 e. The van der Waals surface area contributed by atoms with Crippen LogP contribution in [-0.4, -0.2) is 24.9 Å². The fraction of sp³-hybridized carbons (Fsp3) is 0.259. The SMILES string of the molecule is CCN(c1cccc(N)c1)C(C(=O)Nc1ccc(N2CCCCC2=O)cc1)c1ccccc1.Cl. The molecule has 1 fully saturated rings. The van der Waals surface area contributed by atoms with E-state index in [0.717, 1.165) is 36.3 Å². The number of carbonyl (C=O) groups is 2. The van der Waals surface area contributed by atoms with Crippen LogP contribution in [0.5, 0.6) is 0 Å². The Balaban J connectivity index is 0.00000324. The van der Waals surface area contributed by atoms with E-state index in [4.69, 9.17) is 5.73 Å². The molecule has 3 N–H and O–H groups in total. The van der Waals surface area contributed by atoms with Crippen molar-refractivity contribution >= 4 is 47.0 Å². The first-order valence-electron chi connectivity index (χ1n) is 11.4. The Morgan fingerprint density at radius 3 is 2.41 bits per heavy atom. The van der Waals surface area contributed by atoms with E-state index in [1.807, 2.05) is 95.6 Å². The zero-order valence-electron chi connectivity index (χ0n) is 19.3. The molecule has 1 heterocycles. The van der Waals surface area contributed by atoms with Crippen LogP contribution in [0, 0.1) is 0 Å². The molecule has 1 saturated heterocycles. The molecule has 2 amide bonds. The Labute approximate surface area is 207 Å². The van der Waals surface area contributed by atoms with E-state index in [1.165, 1.54) is 0 Å². The minimum atomic E-state index is -0.527. The summed E-state index contributed by atoms with van der Waals surface area (Å²) in [5, 5.41) is 3.07. The van der Waals surface area contributed by atoms with Gasteiger partial charge in [0.2, 0.25) is 5.91 Å². The van der Waals surface area contributed by atoms with Gasteiger partial charge in [0, 0.05) is 42.3 Å². The van der Waals surface area contributed by atoms with Crippen LogP contribution in [0.2, 0.25) is 0 Å². The summed E-state index contributed by atoms with van der Waals surface area (Å²) in [5.41, 5.74) is 10.0. The van der Waals surface area contributed by atoms with E-state index >= 15 is 0 Å². The number of hydrogen-bond acceptors (Lipinski definition) is 4. The number of nitrogens with one attached hydrogen (secondary N) is 1. The second-order valence-electron chi connectivity index (χ2n) is 8.23. The summed E-state index contributed by atoms with van der Waals surface area (Å²) in [4.78, 5) is 29.6. The second kappa shape index (κ2) is 11.6. The van der Waals surface area contributed by atoms with Gasteiger partial charge in [-0.1, -0.05) is 36.4 Å². The van der Waals surface area contributed by atoms with Crippen molar-refractivity contribution in [1.29, 1.82) is 0 Å². The van der Waals surface area contributed by atoms with Crippen LogP contribution in [0.4, 0.5) is 22.7 Å². The van der Waals surface area contributed by atoms with Crippen LogP contribution >= 0.6 is 12.4 Å². The number of benzene rings is 3. The predicted octanol–water partition coefficient (Wildman–Crippen LogP) is 5.41. The quantitative estimate of drug-likeness (QED) is 0.445. The van der Waals surface area contributed by atoms with Crippen molar-refractivity contribution in [2.24, 2.45) is 0 Å². The number of nitrogens with two attached hydrogens (primary N) is 1. The highest BCUT2D eigenvalue weighted by atomic mass is 35.5. The zero-order chi connectivity index (χ0) is 23.2. The average Bonchev–Trinajstić information content (AvgIpc) is 2.84. The maximum Gasteiger partial charge on any atom is 0.251 e. The molecule has 0 saturated carbocycles. The molecule has 1 atom stereocenters. The predicted molar refractivity (Wildman–Crippen MR) is 142 cm³/mol. The molecule has 7 heteroatoms. The lowest BCUT2D eigenvalue weighted by molar-refractivity contribution is -0.119. The molecule has 0 aromatic heterocycles. The average molecular weight is 479 g/mol. The summed E-state index contributed by atoms with van der Waals surface area (Å²) >= 11 is 0. The third-order valence-electron chi connectivity index (χ3n) is 5.99. The van der Waals surface area contributed by atoms with Gasteiger partial charge in [-0.05, 0) is 67.8 Å². The lowest BCUT2D eigenvalue weighted by Gasteiger charge is -2.32. The maximum absolute atomic E-state index is 13.6. The Kier molecular flexibility index (Phi) is 8.55. The second-order valence-corrected chi connectivity index (χ2v) is 8.23. The largest absolute Gasteiger partial charge is 0.399 e. The van der Waals surface area contributed by atoms with Crippen LogP contribution < -0.4 is 20.9 Å². The van der Waals surface area contributed by atoms with Crippen molar-refractivity contribution in [3.8, 4) is 0 Å². The number of piperidine rings is 1. The van der Waals surface area contributed by atoms with Gasteiger partial charge >= 0.3 is 0 Å². The minimum absolute atomic E-state index is 0. The van der Waals surface area contributed by atoms with Gasteiger partial charge in [-0.15, -0.1) is 12.4 Å². The third kappa shape index (κ3) is 5.69. The van der Waals surface area contributed by atoms with E-state index in [9.17, 15) is 9.59 Å². The van der Waals surface area contributed by atoms with Crippen LogP contribution in [-0.2, 0) is 9.59 Å². The van der Waals surface area contributed by atoms with E-state index in [-0.39, 0.29) is 24.2 Å². The molecule has 0 radical (unpaired) electrons. The van der Waals surface area contributed by atoms with Crippen LogP contribution in [0.25, 0.3) is 0 Å². The number of hydrogen-bond donors (Lipinski definition) is 2. The van der Waals surface area contributed by atoms with Crippen molar-refractivity contribution in [1.82, 2.24) is 0 Å². The number of likely N-dealkylation sites (N-methyl/N-ethyl adjacent to an activating group) is 1. The first kappa shape index (κ1) is 25.1. The standard InChI is InChI=1S/C27H30N4O2.ClH/c1-2-30(24-12-8-11-21(28)19-24)26(20-9-4-3-5-10-20)27(33)29-22-14-16-23(17-15-22)31-18-7-6-13-25(31)32;/h3-5,8-12,14-17,19,26H,2,6-7,13,18,28H2,1H3,(H,29,33);1H. The lowest BCUT2D eigenvalue weighted by atomic mass is 10.0. The summed E-state index contributed by atoms with van der Waals surface area (Å²) in [5.74, 6) is 0.0233. The van der Waals surface area contributed by atoms with E-state index in [0.29, 0.717) is 24.3 Å². The first-order chi connectivity index (χ1) is 16.1. The summed E-state index contributed by atoms with van der Waals surface area (Å²) < 4.78 is 0. The number of anilines is 4. The Morgan fingerprint density at radius 2 is 1.76 bits per heavy atom. The highest BCUT2D eigenvalue weighted by Crippen LogP contribution is 2.30. The van der Waals surface area contributed by atoms with E-state index < -0.39 is 6.04 Å². The smallest absolute Gasteiger partial charge is 0.251 e. The molecule has 178 valence electrons. The summed E-state index contributed by atoms with van der Waals surface area (Å²) in [6, 6.07) is 24.3. The first-order valence-corrected chi connectivity index (χ1v) is 11.4. The molecule has 1 unspecified atom stereocenters. The number of halogens is 1. The molecule has 1 aliphatic heterocycles. The third-order valence-corrected chi connectivity index (χ3v) is 5.99. The molecule has 34 heavy (non-hydrogen) atoms. The summed E-state index contributed by atoms with van der Waals surface area (Å²) in [6.45, 7) is 3.40. The molecule has 3 aromatic carbocycles. The summed E-state index contributed by atoms with van der Waals surface area (Å²) in [7, 11) is 0. The van der Waals surface area contributed by atoms with Gasteiger partial charge in [0.1, 0.15) is 6.04 Å². The fourth-order valence-corrected chi connectivity index (χ4v) is 4.34. The van der Waals surface area contributed by atoms with E-state index in [1.54, 1.807) is 0 Å². The van der Waals surface area contributed by atoms with Gasteiger partial charge in [0.25, 0.3) is 5.91 Å². The van der Waals surface area contributed by atoms with Crippen molar-refractivity contribution in [3.05, 3.63) is 84.4 Å². The number of carbonyl (C=O) groups excluding carboxylic acids is 2. The normalized spacial score (nSPS) is 14.1. The van der Waals surface area contributed by atoms with Gasteiger partial charge in [0.05, 0.1) is 0 Å². The van der Waals surface area contributed by atoms with Gasteiger partial charge in [-0.3, -0.25) is 9.59 Å². The van der Waals surface area contributed by atoms with E-state index in [2.05, 4.69) is 5.32 Å². The Morgan fingerprint density at radius 1 is 1.03 bits per heavy atom. The van der Waals surface area contributed by atoms with Gasteiger partial charge < -0.3 is 20.9 Å². The zero-order valence-corrected chi connectivity index (χ0v) is 20.1. The highest BCUT2D eigenvalue weighted by Gasteiger charge is 2.27. The number of amides is 2. The molecule has 0 bridgehead atoms. The molecule has 1 aliphatic rings. The van der Waals surface area contributed by atoms with Crippen LogP contribution in [0.3, 0.4) is 0 Å². The lowest BCUT2D eigenvalue weighted by Crippen LogP contribution is -2.37. The molecule has 6 nitrogen and oxygen atoms in total. The maximum atomic E-state index is 13.6. The topological polar surface area (TPSA) is 78.7 Å². The fourth-order valence-electron chi connectivity index (χ4n) is 4.34. The molecular weight excluding hydrogens is 448 g/mol. The number of nitrogens with zero attached hydrogens (tertiary/aromatic N) is 2. The van der Waals surface area contributed by atoms with Crippen molar-refractivity contribution in [2.75, 3.05) is 33.9 Å². The van der Waals surface area contributed by atoms with Gasteiger partial charge in [-0.2, -0.15) is 0 Å². The number of rotatable bonds is 7. The highest BCUT2D eigenvalue weighted by molar-refractivity contribution is 5.98. The monoisotopic (exact) mass is 478 g/mol. The van der Waals surface area contributed by atoms with Gasteiger partial charge in [-0.25, -0.2) is 0 Å². The van der Waals surface area contributed by atoms with Crippen LogP contribution in [0.1, 0.15) is 37.8 Å². The van der Waals surface area contributed by atoms with Crippen molar-refractivity contribution < 1.29 is 9.59 Å². The van der Waals surface area contributed by atoms with Crippen molar-refractivity contribution in [2.45, 2.75) is 32.2 Å². The summed E-state index contributed by atoms with van der Waals surface area (Å²) in [6.07, 6.45) is 2.55. The molecule has 0 aliphatic carbocycles. The molecular formula is C27H31ClN4O2. The molecule has 3 aromatic rings. The molecule has 0 spiro atoms. The van der Waals surface area contributed by atoms with Crippen LogP contribution in [0.15, 0.2) is 78.9 Å². The number of nitrogen functional groups attached to an aromatic ring is 1.